The third kappa shape index (κ3) is 12.1. The molecule has 3 unspecified atom stereocenters. The summed E-state index contributed by atoms with van der Waals surface area (Å²) < 4.78 is 7.87. The van der Waals surface area contributed by atoms with Gasteiger partial charge in [0.1, 0.15) is 18.7 Å². The van der Waals surface area contributed by atoms with Gasteiger partial charge in [0.05, 0.1) is 28.2 Å². The van der Waals surface area contributed by atoms with Gasteiger partial charge in [-0.05, 0) is 87.6 Å². The van der Waals surface area contributed by atoms with Gasteiger partial charge in [-0.25, -0.2) is 10.4 Å². The summed E-state index contributed by atoms with van der Waals surface area (Å²) in [5, 5.41) is 10.9. The predicted molar refractivity (Wildman–Crippen MR) is 248 cm³/mol. The lowest BCUT2D eigenvalue weighted by atomic mass is 9.84. The molecular weight excluding hydrogens is 835 g/mol. The number of rotatable bonds is 17. The fourth-order valence-electron chi connectivity index (χ4n) is 8.35. The number of likely N-dealkylation sites (tertiary alicyclic amines) is 1. The first-order valence-electron chi connectivity index (χ1n) is 21.9. The number of carbonyl (C=O) groups excluding carboxylic acids is 4. The highest BCUT2D eigenvalue weighted by atomic mass is 32.1. The van der Waals surface area contributed by atoms with Crippen molar-refractivity contribution in [1.29, 1.82) is 0 Å². The van der Waals surface area contributed by atoms with E-state index in [0.29, 0.717) is 30.9 Å². The average molecular weight is 898 g/mol. The van der Waals surface area contributed by atoms with E-state index in [1.165, 1.54) is 16.2 Å². The van der Waals surface area contributed by atoms with Crippen molar-refractivity contribution in [3.8, 4) is 34.4 Å². The summed E-state index contributed by atoms with van der Waals surface area (Å²) in [5.74, 6) is 4.32. The van der Waals surface area contributed by atoms with Crippen LogP contribution in [0.3, 0.4) is 0 Å². The van der Waals surface area contributed by atoms with E-state index in [9.17, 15) is 24.1 Å². The number of hydrogen-bond acceptors (Lipinski definition) is 12. The highest BCUT2D eigenvalue weighted by Crippen LogP contribution is 2.41. The van der Waals surface area contributed by atoms with Gasteiger partial charge in [-0.3, -0.25) is 29.2 Å². The molecule has 344 valence electrons. The molecule has 3 atom stereocenters. The van der Waals surface area contributed by atoms with Crippen LogP contribution in [0.4, 0.5) is 0 Å². The summed E-state index contributed by atoms with van der Waals surface area (Å²) in [6, 6.07) is 8.59. The summed E-state index contributed by atoms with van der Waals surface area (Å²) in [6.45, 7) is 14.6. The van der Waals surface area contributed by atoms with Gasteiger partial charge in [-0.2, -0.15) is 0 Å². The molecule has 64 heavy (non-hydrogen) atoms. The zero-order valence-corrected chi connectivity index (χ0v) is 39.4. The maximum atomic E-state index is 13.8. The van der Waals surface area contributed by atoms with Gasteiger partial charge in [-0.15, -0.1) is 16.2 Å². The Bertz CT molecular complexity index is 2320. The Morgan fingerprint density at radius 2 is 1.84 bits per heavy atom. The number of likely N-dealkylation sites (N-methyl/N-ethyl adjacent to an activating group) is 1. The molecule has 17 heteroatoms. The molecule has 5 heterocycles. The quantitative estimate of drug-likeness (QED) is 0.0534. The van der Waals surface area contributed by atoms with Crippen LogP contribution in [-0.2, 0) is 48.6 Å². The van der Waals surface area contributed by atoms with Crippen LogP contribution in [0.25, 0.3) is 33.4 Å². The van der Waals surface area contributed by atoms with Crippen molar-refractivity contribution >= 4 is 46.4 Å². The van der Waals surface area contributed by atoms with Crippen LogP contribution in [0.2, 0.25) is 0 Å². The number of aromatic nitrogens is 3. The van der Waals surface area contributed by atoms with E-state index in [1.807, 2.05) is 59.2 Å². The lowest BCUT2D eigenvalue weighted by Gasteiger charge is -2.33. The largest absolute Gasteiger partial charge is 0.375 e. The first-order valence-corrected chi connectivity index (χ1v) is 22.8. The number of amides is 4. The molecule has 0 aliphatic carbocycles. The number of aryl methyl sites for hydroxylation is 1. The fourth-order valence-corrected chi connectivity index (χ4v) is 9.20. The van der Waals surface area contributed by atoms with Gasteiger partial charge in [-0.1, -0.05) is 39.7 Å². The number of benzene rings is 1. The van der Waals surface area contributed by atoms with Crippen molar-refractivity contribution in [2.75, 3.05) is 46.9 Å². The summed E-state index contributed by atoms with van der Waals surface area (Å²) >= 11 is 1.43. The molecule has 16 nitrogen and oxygen atoms in total. The number of hydrogen-bond donors (Lipinski definition) is 2. The molecule has 2 N–H and O–H groups in total. The Labute approximate surface area is 380 Å². The topological polar surface area (TPSA) is 181 Å². The van der Waals surface area contributed by atoms with Gasteiger partial charge >= 0.3 is 0 Å². The second-order valence-corrected chi connectivity index (χ2v) is 18.4. The lowest BCUT2D eigenvalue weighted by Crippen LogP contribution is -2.58. The summed E-state index contributed by atoms with van der Waals surface area (Å²) in [7, 11) is 5.27. The third-order valence-corrected chi connectivity index (χ3v) is 12.5. The van der Waals surface area contributed by atoms with Gasteiger partial charge in [0, 0.05) is 92.8 Å². The minimum Gasteiger partial charge on any atom is -0.375 e. The van der Waals surface area contributed by atoms with Crippen molar-refractivity contribution in [2.45, 2.75) is 98.3 Å². The van der Waals surface area contributed by atoms with Crippen LogP contribution in [0, 0.1) is 28.1 Å². The molecule has 2 saturated heterocycles. The molecular formula is C47H63N9O7S. The van der Waals surface area contributed by atoms with Crippen LogP contribution in [0.1, 0.15) is 89.6 Å². The highest BCUT2D eigenvalue weighted by molar-refractivity contribution is 7.10. The van der Waals surface area contributed by atoms with Crippen LogP contribution < -0.4 is 10.7 Å². The Morgan fingerprint density at radius 3 is 2.48 bits per heavy atom. The lowest BCUT2D eigenvalue weighted by molar-refractivity contribution is -0.142. The maximum absolute atomic E-state index is 13.8. The molecule has 0 bridgehead atoms. The average Bonchev–Trinajstić information content (AvgIpc) is 4.06. The Balaban J connectivity index is 0.000000678. The van der Waals surface area contributed by atoms with E-state index in [2.05, 4.69) is 50.7 Å². The first kappa shape index (κ1) is 49.3. The smallest absolute Gasteiger partial charge is 0.298 e. The van der Waals surface area contributed by atoms with Crippen molar-refractivity contribution in [3.05, 3.63) is 63.1 Å². The maximum Gasteiger partial charge on any atom is 0.298 e. The Hall–Kier alpha value is -5.70. The molecule has 1 aromatic carbocycles. The van der Waals surface area contributed by atoms with Crippen molar-refractivity contribution in [1.82, 2.24) is 40.1 Å². The molecule has 4 aromatic rings. The van der Waals surface area contributed by atoms with E-state index in [0.717, 1.165) is 83.4 Å². The van der Waals surface area contributed by atoms with Gasteiger partial charge in [0.25, 0.3) is 11.8 Å². The summed E-state index contributed by atoms with van der Waals surface area (Å²) in [5.41, 5.74) is 9.17. The molecule has 0 saturated carbocycles. The van der Waals surface area contributed by atoms with E-state index in [1.54, 1.807) is 37.2 Å². The number of fused-ring (bicyclic) bond motifs is 1. The summed E-state index contributed by atoms with van der Waals surface area (Å²) in [6.07, 6.45) is 7.00. The van der Waals surface area contributed by atoms with Crippen molar-refractivity contribution in [3.63, 3.8) is 0 Å². The normalized spacial score (nSPS) is 15.3. The molecule has 4 amide bonds. The summed E-state index contributed by atoms with van der Waals surface area (Å²) in [4.78, 5) is 78.8. The fraction of sp³-hybridized carbons (Fsp3) is 0.532. The molecule has 2 fully saturated rings. The predicted octanol–water partition coefficient (Wildman–Crippen LogP) is 6.24. The number of pyridine rings is 1. The monoisotopic (exact) mass is 897 g/mol. The molecule has 6 rings (SSSR count). The van der Waals surface area contributed by atoms with Crippen LogP contribution in [-0.4, -0.2) is 113 Å². The number of hydrazine groups is 1. The Morgan fingerprint density at radius 1 is 1.11 bits per heavy atom. The molecule has 0 spiro atoms. The van der Waals surface area contributed by atoms with E-state index in [-0.39, 0.29) is 36.9 Å². The molecule has 3 aromatic heterocycles. The second-order valence-electron chi connectivity index (χ2n) is 17.5. The third-order valence-electron chi connectivity index (χ3n) is 11.6. The van der Waals surface area contributed by atoms with E-state index >= 15 is 0 Å². The van der Waals surface area contributed by atoms with Gasteiger partial charge in [0.15, 0.2) is 5.34 Å². The van der Waals surface area contributed by atoms with E-state index in [4.69, 9.17) is 19.5 Å². The SMILES string of the molecule is CC#CC(=O)N1CCCC1.COC(C)c1ncccc1-c1c(CC(C)(C)CON=O)c2cc(-c3csc(CC(NC(=O)C(C(C)C)N(C)C=O)C(=O)N4CCCCN4)n3)ccc2n1C. The van der Waals surface area contributed by atoms with Crippen LogP contribution >= 0.6 is 11.3 Å². The minimum atomic E-state index is -0.886. The number of thiazole rings is 1. The zero-order chi connectivity index (χ0) is 46.6. The first-order chi connectivity index (χ1) is 30.6. The molecule has 2 aliphatic rings. The number of methoxy groups -OCH3 is 1. The van der Waals surface area contributed by atoms with Gasteiger partial charge < -0.3 is 29.3 Å². The van der Waals surface area contributed by atoms with Crippen molar-refractivity contribution in [2.24, 2.45) is 23.7 Å². The number of nitrogens with one attached hydrogen (secondary N) is 2. The van der Waals surface area contributed by atoms with Gasteiger partial charge in [0.2, 0.25) is 12.3 Å². The van der Waals surface area contributed by atoms with Crippen LogP contribution in [0.15, 0.2) is 47.2 Å². The van der Waals surface area contributed by atoms with E-state index < -0.39 is 23.4 Å². The molecule has 0 radical (unpaired) electrons. The van der Waals surface area contributed by atoms with Crippen LogP contribution in [0.5, 0.6) is 0 Å². The molecule has 2 aliphatic heterocycles. The second kappa shape index (κ2) is 22.8. The van der Waals surface area contributed by atoms with Crippen molar-refractivity contribution < 1.29 is 28.8 Å². The number of nitrogens with zero attached hydrogens (tertiary/aromatic N) is 7. The Kier molecular flexibility index (Phi) is 17.6. The minimum absolute atomic E-state index is 0.0139. The highest BCUT2D eigenvalue weighted by Gasteiger charge is 2.34. The number of carbonyl (C=O) groups is 4. The number of ether oxygens (including phenoxy) is 1. The standard InChI is InChI=1S/C39H52N8O6S.C8H11NO/c1-24(2)35(45(6)23-48)37(49)43-30(38(50)47-17-10-9-16-41-47)19-33-42-31(21-54-33)26-13-14-32-28(18-26)29(20-39(4,5)22-53-44-51)36(46(32)7)27-12-11-15-40-34(27)25(3)52-8;1-2-5-8(10)9-6-3-4-7-9/h11-15,18,21,23-25,30,35,41H,9-10,16-17,19-20,22H2,1-8H3,(H,43,49);3-4,6-7H2,1H3. The zero-order valence-electron chi connectivity index (χ0n) is 38.6.